The second-order valence-corrected chi connectivity index (χ2v) is 7.72. The van der Waals surface area contributed by atoms with E-state index in [-0.39, 0.29) is 17.3 Å². The Morgan fingerprint density at radius 2 is 1.79 bits per heavy atom. The molecule has 0 heterocycles. The number of rotatable bonds is 8. The number of Topliss-reactive ketones (excluding diaryl/α,β-unsaturated/α-hetero) is 1. The quantitative estimate of drug-likeness (QED) is 0.689. The molecule has 1 aliphatic carbocycles. The number of carbonyl (C=O) groups is 1. The Morgan fingerprint density at radius 3 is 2.32 bits per heavy atom. The highest BCUT2D eigenvalue weighted by Gasteiger charge is 2.39. The largest absolute Gasteiger partial charge is 0.368 e. The Hall–Kier alpha value is -0.420. The zero-order valence-electron chi connectivity index (χ0n) is 12.1. The summed E-state index contributed by atoms with van der Waals surface area (Å²) in [6, 6.07) is 0. The third kappa shape index (κ3) is 4.88. The summed E-state index contributed by atoms with van der Waals surface area (Å²) in [5.74, 6) is 0.357. The maximum absolute atomic E-state index is 12.4. The Balaban J connectivity index is 2.53. The number of carbonyl (C=O) groups excluding carboxylic acids is 1. The molecule has 0 aromatic heterocycles. The van der Waals surface area contributed by atoms with Gasteiger partial charge >= 0.3 is 0 Å². The molecule has 0 radical (unpaired) electrons. The van der Waals surface area contributed by atoms with Crippen LogP contribution in [0.3, 0.4) is 0 Å². The summed E-state index contributed by atoms with van der Waals surface area (Å²) < 4.78 is 28.6. The number of ether oxygens (including phenoxy) is 1. The van der Waals surface area contributed by atoms with Crippen LogP contribution in [-0.4, -0.2) is 37.9 Å². The average molecular weight is 290 g/mol. The SMILES string of the molecule is CCOC1(C(=O)CCCS(=O)(=O)CC)CCCCC1. The fraction of sp³-hybridized carbons (Fsp3) is 0.929. The minimum absolute atomic E-state index is 0.0975. The van der Waals surface area contributed by atoms with Gasteiger partial charge in [0.2, 0.25) is 0 Å². The Bertz CT molecular complexity index is 375. The van der Waals surface area contributed by atoms with Crippen LogP contribution >= 0.6 is 0 Å². The number of sulfone groups is 1. The van der Waals surface area contributed by atoms with Gasteiger partial charge in [0.25, 0.3) is 0 Å². The first-order chi connectivity index (χ1) is 8.96. The summed E-state index contributed by atoms with van der Waals surface area (Å²) in [6.45, 7) is 4.09. The molecule has 0 aromatic carbocycles. The Morgan fingerprint density at radius 1 is 1.16 bits per heavy atom. The second-order valence-electron chi connectivity index (χ2n) is 5.25. The fourth-order valence-electron chi connectivity index (χ4n) is 2.73. The van der Waals surface area contributed by atoms with E-state index in [9.17, 15) is 13.2 Å². The van der Waals surface area contributed by atoms with Crippen molar-refractivity contribution in [3.05, 3.63) is 0 Å². The summed E-state index contributed by atoms with van der Waals surface area (Å²) in [6.07, 6.45) is 5.54. The van der Waals surface area contributed by atoms with Gasteiger partial charge in [-0.15, -0.1) is 0 Å². The standard InChI is InChI=1S/C14H26O4S/c1-3-18-14(10-6-5-7-11-14)13(15)9-8-12-19(16,17)4-2/h3-12H2,1-2H3. The van der Waals surface area contributed by atoms with Crippen molar-refractivity contribution in [1.82, 2.24) is 0 Å². The van der Waals surface area contributed by atoms with Crippen LogP contribution in [0.1, 0.15) is 58.8 Å². The van der Waals surface area contributed by atoms with E-state index >= 15 is 0 Å². The van der Waals surface area contributed by atoms with Gasteiger partial charge in [0.1, 0.15) is 15.4 Å². The molecule has 0 aromatic rings. The summed E-state index contributed by atoms with van der Waals surface area (Å²) in [5.41, 5.74) is -0.622. The van der Waals surface area contributed by atoms with Crippen LogP contribution in [0, 0.1) is 0 Å². The second kappa shape index (κ2) is 7.39. The monoisotopic (exact) mass is 290 g/mol. The molecule has 112 valence electrons. The third-order valence-electron chi connectivity index (χ3n) is 3.89. The predicted molar refractivity (Wildman–Crippen MR) is 76.0 cm³/mol. The smallest absolute Gasteiger partial charge is 0.164 e. The lowest BCUT2D eigenvalue weighted by Gasteiger charge is -2.35. The molecule has 1 saturated carbocycles. The van der Waals surface area contributed by atoms with Gasteiger partial charge in [-0.25, -0.2) is 8.42 Å². The van der Waals surface area contributed by atoms with Crippen molar-refractivity contribution in [2.24, 2.45) is 0 Å². The lowest BCUT2D eigenvalue weighted by atomic mass is 9.80. The molecule has 19 heavy (non-hydrogen) atoms. The maximum atomic E-state index is 12.4. The van der Waals surface area contributed by atoms with E-state index in [2.05, 4.69) is 0 Å². The van der Waals surface area contributed by atoms with Crippen LogP contribution < -0.4 is 0 Å². The van der Waals surface area contributed by atoms with Crippen molar-refractivity contribution < 1.29 is 17.9 Å². The minimum Gasteiger partial charge on any atom is -0.368 e. The number of hydrogen-bond donors (Lipinski definition) is 0. The molecule has 5 heteroatoms. The van der Waals surface area contributed by atoms with E-state index in [0.717, 1.165) is 32.1 Å². The van der Waals surface area contributed by atoms with Gasteiger partial charge in [-0.05, 0) is 26.2 Å². The number of hydrogen-bond acceptors (Lipinski definition) is 4. The van der Waals surface area contributed by atoms with E-state index in [1.165, 1.54) is 0 Å². The first-order valence-electron chi connectivity index (χ1n) is 7.33. The zero-order chi connectivity index (χ0) is 14.4. The predicted octanol–water partition coefficient (Wildman–Crippen LogP) is 2.51. The molecule has 0 aliphatic heterocycles. The Kier molecular flexibility index (Phi) is 6.47. The van der Waals surface area contributed by atoms with Gasteiger partial charge in [-0.2, -0.15) is 0 Å². The van der Waals surface area contributed by atoms with E-state index in [0.29, 0.717) is 19.4 Å². The van der Waals surface area contributed by atoms with Gasteiger partial charge in [0.05, 0.1) is 5.75 Å². The van der Waals surface area contributed by atoms with Gasteiger partial charge in [0, 0.05) is 18.8 Å². The molecule has 0 bridgehead atoms. The highest BCUT2D eigenvalue weighted by Crippen LogP contribution is 2.33. The summed E-state index contributed by atoms with van der Waals surface area (Å²) in [7, 11) is -2.97. The van der Waals surface area contributed by atoms with Crippen molar-refractivity contribution in [2.75, 3.05) is 18.1 Å². The topological polar surface area (TPSA) is 60.4 Å². The molecular weight excluding hydrogens is 264 g/mol. The molecule has 0 amide bonds. The van der Waals surface area contributed by atoms with Crippen LogP contribution in [0.25, 0.3) is 0 Å². The fourth-order valence-corrected chi connectivity index (χ4v) is 3.60. The van der Waals surface area contributed by atoms with Gasteiger partial charge < -0.3 is 4.74 Å². The molecule has 1 rings (SSSR count). The highest BCUT2D eigenvalue weighted by atomic mass is 32.2. The van der Waals surface area contributed by atoms with Crippen molar-refractivity contribution in [2.45, 2.75) is 64.4 Å². The first-order valence-corrected chi connectivity index (χ1v) is 9.15. The van der Waals surface area contributed by atoms with Crippen molar-refractivity contribution in [3.8, 4) is 0 Å². The average Bonchev–Trinajstić information content (AvgIpc) is 2.40. The normalized spacial score (nSPS) is 19.3. The van der Waals surface area contributed by atoms with Crippen molar-refractivity contribution in [3.63, 3.8) is 0 Å². The molecular formula is C14H26O4S. The number of ketones is 1. The molecule has 0 N–H and O–H groups in total. The zero-order valence-corrected chi connectivity index (χ0v) is 12.9. The van der Waals surface area contributed by atoms with Crippen LogP contribution in [0.5, 0.6) is 0 Å². The summed E-state index contributed by atoms with van der Waals surface area (Å²) in [4.78, 5) is 12.4. The molecule has 0 atom stereocenters. The van der Waals surface area contributed by atoms with E-state index in [1.807, 2.05) is 6.92 Å². The van der Waals surface area contributed by atoms with E-state index in [1.54, 1.807) is 6.92 Å². The lowest BCUT2D eigenvalue weighted by molar-refractivity contribution is -0.149. The molecule has 0 unspecified atom stereocenters. The molecule has 1 fully saturated rings. The summed E-state index contributed by atoms with van der Waals surface area (Å²) in [5, 5.41) is 0. The molecule has 0 saturated heterocycles. The van der Waals surface area contributed by atoms with Crippen LogP contribution in [0.2, 0.25) is 0 Å². The van der Waals surface area contributed by atoms with Gasteiger partial charge in [-0.1, -0.05) is 26.2 Å². The molecule has 0 spiro atoms. The van der Waals surface area contributed by atoms with Gasteiger partial charge in [-0.3, -0.25) is 4.79 Å². The minimum atomic E-state index is -2.97. The van der Waals surface area contributed by atoms with Crippen LogP contribution in [0.4, 0.5) is 0 Å². The van der Waals surface area contributed by atoms with Crippen LogP contribution in [0.15, 0.2) is 0 Å². The van der Waals surface area contributed by atoms with E-state index in [4.69, 9.17) is 4.74 Å². The Labute approximate surface area is 116 Å². The molecule has 4 nitrogen and oxygen atoms in total. The van der Waals surface area contributed by atoms with Crippen molar-refractivity contribution in [1.29, 1.82) is 0 Å². The van der Waals surface area contributed by atoms with Crippen molar-refractivity contribution >= 4 is 15.6 Å². The third-order valence-corrected chi connectivity index (χ3v) is 5.68. The van der Waals surface area contributed by atoms with E-state index < -0.39 is 15.4 Å². The maximum Gasteiger partial charge on any atom is 0.164 e. The highest BCUT2D eigenvalue weighted by molar-refractivity contribution is 7.91. The molecule has 1 aliphatic rings. The summed E-state index contributed by atoms with van der Waals surface area (Å²) >= 11 is 0. The van der Waals surface area contributed by atoms with Crippen LogP contribution in [-0.2, 0) is 19.4 Å². The van der Waals surface area contributed by atoms with Gasteiger partial charge in [0.15, 0.2) is 5.78 Å². The lowest BCUT2D eigenvalue weighted by Crippen LogP contribution is -2.43. The first kappa shape index (κ1) is 16.6.